The molecule has 0 saturated heterocycles. The van der Waals surface area contributed by atoms with Gasteiger partial charge in [-0.05, 0) is 48.5 Å². The minimum Gasteiger partial charge on any atom is -0.493 e. The molecule has 2 N–H and O–H groups in total. The van der Waals surface area contributed by atoms with Gasteiger partial charge in [0.2, 0.25) is 0 Å². The van der Waals surface area contributed by atoms with Crippen LogP contribution in [0.4, 0.5) is 5.69 Å². The maximum Gasteiger partial charge on any atom is 0.343 e. The Balaban J connectivity index is 1.70. The predicted octanol–water partition coefficient (Wildman–Crippen LogP) is 5.08. The lowest BCUT2D eigenvalue weighted by molar-refractivity contribution is -0.136. The molecule has 0 saturated carbocycles. The zero-order valence-electron chi connectivity index (χ0n) is 18.8. The number of hydrogen-bond acceptors (Lipinski definition) is 7. The van der Waals surface area contributed by atoms with Crippen LogP contribution in [-0.2, 0) is 9.59 Å². The molecule has 0 aliphatic heterocycles. The Morgan fingerprint density at radius 3 is 2.36 bits per heavy atom. The zero-order chi connectivity index (χ0) is 26.2. The molecule has 36 heavy (non-hydrogen) atoms. The normalized spacial score (nSPS) is 10.6. The van der Waals surface area contributed by atoms with Crippen LogP contribution in [-0.4, -0.2) is 38.2 Å². The van der Waals surface area contributed by atoms with Crippen LogP contribution in [0.15, 0.2) is 64.2 Å². The third kappa shape index (κ3) is 6.75. The van der Waals surface area contributed by atoms with Crippen LogP contribution >= 0.6 is 39.1 Å². The molecule has 0 atom stereocenters. The average molecular weight is 595 g/mol. The molecule has 2 amide bonds. The Morgan fingerprint density at radius 1 is 0.917 bits per heavy atom. The van der Waals surface area contributed by atoms with Gasteiger partial charge in [0.1, 0.15) is 5.75 Å². The molecule has 0 spiro atoms. The Labute approximate surface area is 224 Å². The molecule has 0 fully saturated rings. The van der Waals surface area contributed by atoms with Crippen molar-refractivity contribution >= 4 is 68.8 Å². The highest BCUT2D eigenvalue weighted by Crippen LogP contribution is 2.30. The molecule has 3 rings (SSSR count). The molecule has 0 aliphatic rings. The number of halogens is 3. The van der Waals surface area contributed by atoms with Gasteiger partial charge in [0.05, 0.1) is 41.7 Å². The van der Waals surface area contributed by atoms with Gasteiger partial charge in [0.25, 0.3) is 0 Å². The van der Waals surface area contributed by atoms with Crippen LogP contribution in [0, 0.1) is 0 Å². The van der Waals surface area contributed by atoms with Crippen molar-refractivity contribution in [3.05, 3.63) is 80.2 Å². The van der Waals surface area contributed by atoms with Crippen molar-refractivity contribution in [2.24, 2.45) is 5.10 Å². The van der Waals surface area contributed by atoms with Gasteiger partial charge in [-0.2, -0.15) is 5.10 Å². The molecule has 9 nitrogen and oxygen atoms in total. The number of carbonyl (C=O) groups is 3. The highest BCUT2D eigenvalue weighted by Gasteiger charge is 2.17. The summed E-state index contributed by atoms with van der Waals surface area (Å²) in [5, 5.41) is 6.44. The lowest BCUT2D eigenvalue weighted by atomic mass is 10.2. The van der Waals surface area contributed by atoms with Gasteiger partial charge in [0, 0.05) is 10.0 Å². The lowest BCUT2D eigenvalue weighted by Crippen LogP contribution is -2.32. The van der Waals surface area contributed by atoms with E-state index in [1.165, 1.54) is 44.7 Å². The molecule has 0 bridgehead atoms. The SMILES string of the molecule is COc1ccc(C(=O)Oc2ccc(Br)cc2C=NNC(=O)C(=O)Nc2cccc(Cl)c2Cl)cc1OC. The van der Waals surface area contributed by atoms with Crippen LogP contribution < -0.4 is 25.0 Å². The second-order valence-electron chi connectivity index (χ2n) is 6.90. The molecular weight excluding hydrogens is 577 g/mol. The van der Waals surface area contributed by atoms with E-state index in [-0.39, 0.29) is 27.0 Å². The number of nitrogens with one attached hydrogen (secondary N) is 2. The first-order valence-electron chi connectivity index (χ1n) is 10.1. The van der Waals surface area contributed by atoms with Crippen molar-refractivity contribution in [3.63, 3.8) is 0 Å². The molecule has 0 aromatic heterocycles. The van der Waals surface area contributed by atoms with Gasteiger partial charge in [-0.1, -0.05) is 45.2 Å². The van der Waals surface area contributed by atoms with Crippen LogP contribution in [0.5, 0.6) is 17.2 Å². The van der Waals surface area contributed by atoms with Gasteiger partial charge in [-0.25, -0.2) is 10.2 Å². The minimum absolute atomic E-state index is 0.0962. The van der Waals surface area contributed by atoms with E-state index < -0.39 is 17.8 Å². The van der Waals surface area contributed by atoms with Crippen molar-refractivity contribution in [2.45, 2.75) is 0 Å². The fraction of sp³-hybridized carbons (Fsp3) is 0.0833. The van der Waals surface area contributed by atoms with Crippen LogP contribution in [0.3, 0.4) is 0 Å². The molecule has 3 aromatic rings. The molecular formula is C24H18BrCl2N3O6. The number of methoxy groups -OCH3 is 2. The van der Waals surface area contributed by atoms with E-state index in [4.69, 9.17) is 37.4 Å². The molecule has 0 unspecified atom stereocenters. The third-order valence-electron chi connectivity index (χ3n) is 4.57. The molecule has 3 aromatic carbocycles. The van der Waals surface area contributed by atoms with Crippen molar-refractivity contribution in [1.29, 1.82) is 0 Å². The summed E-state index contributed by atoms with van der Waals surface area (Å²) >= 11 is 15.2. The summed E-state index contributed by atoms with van der Waals surface area (Å²) in [5.41, 5.74) is 2.84. The Hall–Kier alpha value is -3.60. The number of rotatable bonds is 7. The van der Waals surface area contributed by atoms with Crippen LogP contribution in [0.1, 0.15) is 15.9 Å². The second kappa shape index (κ2) is 12.4. The molecule has 186 valence electrons. The van der Waals surface area contributed by atoms with Crippen molar-refractivity contribution < 1.29 is 28.6 Å². The number of amides is 2. The van der Waals surface area contributed by atoms with E-state index in [1.807, 2.05) is 0 Å². The number of anilines is 1. The van der Waals surface area contributed by atoms with Crippen molar-refractivity contribution in [3.8, 4) is 17.2 Å². The summed E-state index contributed by atoms with van der Waals surface area (Å²) in [6.07, 6.45) is 1.22. The van der Waals surface area contributed by atoms with Crippen LogP contribution in [0.2, 0.25) is 10.0 Å². The maximum atomic E-state index is 12.7. The van der Waals surface area contributed by atoms with E-state index in [0.717, 1.165) is 0 Å². The monoisotopic (exact) mass is 593 g/mol. The van der Waals surface area contributed by atoms with Gasteiger partial charge >= 0.3 is 17.8 Å². The number of nitrogens with zero attached hydrogens (tertiary/aromatic N) is 1. The van der Waals surface area contributed by atoms with Gasteiger partial charge in [0.15, 0.2) is 11.5 Å². The number of benzene rings is 3. The summed E-state index contributed by atoms with van der Waals surface area (Å²) in [4.78, 5) is 37.0. The Bertz CT molecular complexity index is 1350. The summed E-state index contributed by atoms with van der Waals surface area (Å²) in [7, 11) is 2.94. The first kappa shape index (κ1) is 27.0. The summed E-state index contributed by atoms with van der Waals surface area (Å²) in [5.74, 6) is -1.74. The topological polar surface area (TPSA) is 115 Å². The number of esters is 1. The fourth-order valence-corrected chi connectivity index (χ4v) is 3.55. The number of ether oxygens (including phenoxy) is 3. The standard InChI is InChI=1S/C24H18BrCl2N3O6/c1-34-19-8-6-13(11-20(19)35-2)24(33)36-18-9-7-15(25)10-14(18)12-28-30-23(32)22(31)29-17-5-3-4-16(26)21(17)27/h3-12H,1-2H3,(H,29,31)(H,30,32). The number of hydrazone groups is 1. The minimum atomic E-state index is -1.05. The average Bonchev–Trinajstić information content (AvgIpc) is 2.87. The molecule has 0 heterocycles. The maximum absolute atomic E-state index is 12.7. The largest absolute Gasteiger partial charge is 0.493 e. The predicted molar refractivity (Wildman–Crippen MR) is 139 cm³/mol. The smallest absolute Gasteiger partial charge is 0.343 e. The van der Waals surface area contributed by atoms with E-state index in [0.29, 0.717) is 21.5 Å². The van der Waals surface area contributed by atoms with E-state index in [9.17, 15) is 14.4 Å². The Morgan fingerprint density at radius 2 is 1.64 bits per heavy atom. The second-order valence-corrected chi connectivity index (χ2v) is 8.60. The summed E-state index contributed by atoms with van der Waals surface area (Å²) in [6.45, 7) is 0. The van der Waals surface area contributed by atoms with Gasteiger partial charge < -0.3 is 19.5 Å². The quantitative estimate of drug-likeness (QED) is 0.130. The number of hydrogen-bond donors (Lipinski definition) is 2. The Kier molecular flexibility index (Phi) is 9.29. The highest BCUT2D eigenvalue weighted by molar-refractivity contribution is 9.10. The zero-order valence-corrected chi connectivity index (χ0v) is 21.9. The van der Waals surface area contributed by atoms with Crippen molar-refractivity contribution in [1.82, 2.24) is 5.43 Å². The first-order chi connectivity index (χ1) is 17.2. The van der Waals surface area contributed by atoms with E-state index in [1.54, 1.807) is 30.3 Å². The highest BCUT2D eigenvalue weighted by atomic mass is 79.9. The van der Waals surface area contributed by atoms with Gasteiger partial charge in [-0.3, -0.25) is 9.59 Å². The molecule has 0 aliphatic carbocycles. The lowest BCUT2D eigenvalue weighted by Gasteiger charge is -2.11. The molecule has 12 heteroatoms. The number of carbonyl (C=O) groups excluding carboxylic acids is 3. The summed E-state index contributed by atoms with van der Waals surface area (Å²) < 4.78 is 16.5. The van der Waals surface area contributed by atoms with E-state index >= 15 is 0 Å². The van der Waals surface area contributed by atoms with Gasteiger partial charge in [-0.15, -0.1) is 0 Å². The molecule has 0 radical (unpaired) electrons. The van der Waals surface area contributed by atoms with Crippen molar-refractivity contribution in [2.75, 3.05) is 19.5 Å². The summed E-state index contributed by atoms with van der Waals surface area (Å²) in [6, 6.07) is 14.0. The fourth-order valence-electron chi connectivity index (χ4n) is 2.83. The third-order valence-corrected chi connectivity index (χ3v) is 5.88. The van der Waals surface area contributed by atoms with E-state index in [2.05, 4.69) is 31.8 Å². The first-order valence-corrected chi connectivity index (χ1v) is 11.6. The van der Waals surface area contributed by atoms with Crippen LogP contribution in [0.25, 0.3) is 0 Å².